The summed E-state index contributed by atoms with van der Waals surface area (Å²) in [7, 11) is 0. The standard InChI is InChI=1S/C31H37N3O/c1-24(26-12-6-3-7-13-26)23-33-20-17-27(18-21-33)30(22-25-10-4-2-5-11-25)34(28-15-16-28)31(35)29-14-8-9-19-32-29/h2-14,19,24,27-28,30H,15-18,20-23H2,1H3/t24-,30-/m1/s1. The number of aromatic nitrogens is 1. The van der Waals surface area contributed by atoms with E-state index in [1.807, 2.05) is 18.2 Å². The molecule has 4 nitrogen and oxygen atoms in total. The van der Waals surface area contributed by atoms with Gasteiger partial charge in [-0.3, -0.25) is 9.78 Å². The third kappa shape index (κ3) is 5.99. The van der Waals surface area contributed by atoms with Crippen LogP contribution in [-0.2, 0) is 6.42 Å². The second kappa shape index (κ2) is 11.2. The second-order valence-electron chi connectivity index (χ2n) is 10.4. The van der Waals surface area contributed by atoms with E-state index >= 15 is 0 Å². The molecule has 35 heavy (non-hydrogen) atoms. The maximum absolute atomic E-state index is 13.7. The van der Waals surface area contributed by atoms with Crippen LogP contribution < -0.4 is 0 Å². The number of piperidine rings is 1. The summed E-state index contributed by atoms with van der Waals surface area (Å²) in [5.74, 6) is 1.14. The van der Waals surface area contributed by atoms with Gasteiger partial charge in [0.05, 0.1) is 0 Å². The SMILES string of the molecule is C[C@H](CN1CCC([C@@H](Cc2ccccc2)N(C(=O)c2ccccn2)C2CC2)CC1)c1ccccc1. The van der Waals surface area contributed by atoms with Crippen LogP contribution in [-0.4, -0.2) is 52.4 Å². The van der Waals surface area contributed by atoms with Crippen LogP contribution in [0.4, 0.5) is 0 Å². The number of amides is 1. The Morgan fingerprint density at radius 1 is 0.914 bits per heavy atom. The smallest absolute Gasteiger partial charge is 0.272 e. The number of benzene rings is 2. The Bertz CT molecular complexity index is 1060. The molecule has 1 aliphatic carbocycles. The molecule has 5 rings (SSSR count). The Morgan fingerprint density at radius 2 is 1.57 bits per heavy atom. The highest BCUT2D eigenvalue weighted by Crippen LogP contribution is 2.36. The Kier molecular flexibility index (Phi) is 7.58. The molecule has 3 aromatic rings. The minimum Gasteiger partial charge on any atom is -0.331 e. The first-order valence-corrected chi connectivity index (χ1v) is 13.2. The number of carbonyl (C=O) groups excluding carboxylic acids is 1. The van der Waals surface area contributed by atoms with Gasteiger partial charge in [-0.2, -0.15) is 0 Å². The summed E-state index contributed by atoms with van der Waals surface area (Å²) < 4.78 is 0. The molecule has 0 unspecified atom stereocenters. The molecule has 1 saturated heterocycles. The third-order valence-electron chi connectivity index (χ3n) is 7.78. The van der Waals surface area contributed by atoms with Crippen molar-refractivity contribution in [2.45, 2.75) is 57.0 Å². The van der Waals surface area contributed by atoms with Crippen molar-refractivity contribution in [3.63, 3.8) is 0 Å². The highest BCUT2D eigenvalue weighted by atomic mass is 16.2. The van der Waals surface area contributed by atoms with Gasteiger partial charge >= 0.3 is 0 Å². The molecule has 182 valence electrons. The lowest BCUT2D eigenvalue weighted by Crippen LogP contribution is -2.50. The van der Waals surface area contributed by atoms with Crippen molar-refractivity contribution in [3.05, 3.63) is 102 Å². The molecule has 0 N–H and O–H groups in total. The average Bonchev–Trinajstić information content (AvgIpc) is 3.75. The van der Waals surface area contributed by atoms with Gasteiger partial charge in [-0.15, -0.1) is 0 Å². The Balaban J connectivity index is 1.31. The zero-order chi connectivity index (χ0) is 24.0. The van der Waals surface area contributed by atoms with Gasteiger partial charge in [0, 0.05) is 24.8 Å². The number of hydrogen-bond acceptors (Lipinski definition) is 3. The Hall–Kier alpha value is -2.98. The van der Waals surface area contributed by atoms with Crippen molar-refractivity contribution in [3.8, 4) is 0 Å². The summed E-state index contributed by atoms with van der Waals surface area (Å²) in [6.45, 7) is 5.63. The van der Waals surface area contributed by atoms with Crippen LogP contribution in [0.2, 0.25) is 0 Å². The molecule has 1 saturated carbocycles. The molecule has 0 bridgehead atoms. The minimum absolute atomic E-state index is 0.106. The number of hydrogen-bond donors (Lipinski definition) is 0. The van der Waals surface area contributed by atoms with Crippen molar-refractivity contribution in [2.75, 3.05) is 19.6 Å². The van der Waals surface area contributed by atoms with E-state index in [0.717, 1.165) is 51.7 Å². The van der Waals surface area contributed by atoms with Crippen molar-refractivity contribution in [1.29, 1.82) is 0 Å². The summed E-state index contributed by atoms with van der Waals surface area (Å²) in [6, 6.07) is 27.8. The molecule has 0 spiro atoms. The summed E-state index contributed by atoms with van der Waals surface area (Å²) in [4.78, 5) is 23.0. The number of likely N-dealkylation sites (tertiary alicyclic amines) is 1. The second-order valence-corrected chi connectivity index (χ2v) is 10.4. The zero-order valence-electron chi connectivity index (χ0n) is 20.8. The van der Waals surface area contributed by atoms with Gasteiger partial charge in [0.15, 0.2) is 0 Å². The van der Waals surface area contributed by atoms with Crippen LogP contribution in [0.3, 0.4) is 0 Å². The van der Waals surface area contributed by atoms with Gasteiger partial charge in [0.2, 0.25) is 0 Å². The van der Waals surface area contributed by atoms with Gasteiger partial charge in [-0.05, 0) is 80.3 Å². The normalized spacial score (nSPS) is 18.7. The van der Waals surface area contributed by atoms with Crippen molar-refractivity contribution >= 4 is 5.91 Å². The molecule has 0 radical (unpaired) electrons. The number of nitrogens with zero attached hydrogens (tertiary/aromatic N) is 3. The third-order valence-corrected chi connectivity index (χ3v) is 7.78. The molecule has 1 aliphatic heterocycles. The van der Waals surface area contributed by atoms with Gasteiger partial charge in [0.1, 0.15) is 5.69 Å². The highest BCUT2D eigenvalue weighted by Gasteiger charge is 2.42. The van der Waals surface area contributed by atoms with Crippen molar-refractivity contribution in [2.24, 2.45) is 5.92 Å². The quantitative estimate of drug-likeness (QED) is 0.398. The number of pyridine rings is 1. The first kappa shape index (κ1) is 23.7. The average molecular weight is 468 g/mol. The van der Waals surface area contributed by atoms with E-state index in [1.54, 1.807) is 6.20 Å². The van der Waals surface area contributed by atoms with E-state index in [0.29, 0.717) is 23.6 Å². The number of carbonyl (C=O) groups is 1. The van der Waals surface area contributed by atoms with Gasteiger partial charge < -0.3 is 9.80 Å². The fourth-order valence-electron chi connectivity index (χ4n) is 5.70. The van der Waals surface area contributed by atoms with Crippen LogP contribution in [0.25, 0.3) is 0 Å². The van der Waals surface area contributed by atoms with Gasteiger partial charge in [0.25, 0.3) is 5.91 Å². The summed E-state index contributed by atoms with van der Waals surface area (Å²) in [6.07, 6.45) is 7.14. The van der Waals surface area contributed by atoms with Gasteiger partial charge in [-0.1, -0.05) is 73.7 Å². The van der Waals surface area contributed by atoms with Crippen LogP contribution in [0.1, 0.15) is 60.1 Å². The van der Waals surface area contributed by atoms with E-state index in [4.69, 9.17) is 0 Å². The van der Waals surface area contributed by atoms with E-state index in [2.05, 4.69) is 82.4 Å². The van der Waals surface area contributed by atoms with Crippen LogP contribution in [0.5, 0.6) is 0 Å². The molecule has 2 heterocycles. The summed E-state index contributed by atoms with van der Waals surface area (Å²) in [5.41, 5.74) is 3.31. The van der Waals surface area contributed by atoms with Gasteiger partial charge in [-0.25, -0.2) is 0 Å². The molecule has 2 aliphatic rings. The molecular weight excluding hydrogens is 430 g/mol. The predicted molar refractivity (Wildman–Crippen MR) is 141 cm³/mol. The zero-order valence-corrected chi connectivity index (χ0v) is 20.8. The highest BCUT2D eigenvalue weighted by molar-refractivity contribution is 5.93. The maximum Gasteiger partial charge on any atom is 0.272 e. The minimum atomic E-state index is 0.106. The fourth-order valence-corrected chi connectivity index (χ4v) is 5.70. The molecule has 2 aromatic carbocycles. The van der Waals surface area contributed by atoms with Crippen LogP contribution in [0, 0.1) is 5.92 Å². The van der Waals surface area contributed by atoms with E-state index < -0.39 is 0 Å². The monoisotopic (exact) mass is 467 g/mol. The first-order valence-electron chi connectivity index (χ1n) is 13.2. The lowest BCUT2D eigenvalue weighted by atomic mass is 9.84. The lowest BCUT2D eigenvalue weighted by Gasteiger charge is -2.42. The molecule has 2 fully saturated rings. The summed E-state index contributed by atoms with van der Waals surface area (Å²) in [5, 5.41) is 0. The number of rotatable bonds is 9. The lowest BCUT2D eigenvalue weighted by molar-refractivity contribution is 0.0479. The van der Waals surface area contributed by atoms with Crippen molar-refractivity contribution in [1.82, 2.24) is 14.8 Å². The van der Waals surface area contributed by atoms with E-state index in [-0.39, 0.29) is 11.9 Å². The Morgan fingerprint density at radius 3 is 2.20 bits per heavy atom. The predicted octanol–water partition coefficient (Wildman–Crippen LogP) is 5.81. The maximum atomic E-state index is 13.7. The molecular formula is C31H37N3O. The summed E-state index contributed by atoms with van der Waals surface area (Å²) >= 11 is 0. The molecule has 1 aromatic heterocycles. The first-order chi connectivity index (χ1) is 17.2. The van der Waals surface area contributed by atoms with Crippen molar-refractivity contribution < 1.29 is 4.79 Å². The molecule has 1 amide bonds. The molecule has 4 heteroatoms. The largest absolute Gasteiger partial charge is 0.331 e. The van der Waals surface area contributed by atoms with E-state index in [9.17, 15) is 4.79 Å². The fraction of sp³-hybridized carbons (Fsp3) is 0.419. The van der Waals surface area contributed by atoms with Crippen LogP contribution >= 0.6 is 0 Å². The van der Waals surface area contributed by atoms with Crippen LogP contribution in [0.15, 0.2) is 85.1 Å². The Labute approximate surface area is 210 Å². The van der Waals surface area contributed by atoms with E-state index in [1.165, 1.54) is 11.1 Å². The topological polar surface area (TPSA) is 36.4 Å². The molecule has 2 atom stereocenters.